The van der Waals surface area contributed by atoms with Crippen molar-refractivity contribution in [3.05, 3.63) is 0 Å². The SMILES string of the molecule is CCCN(CCC)S(=O)(=O)N(C)C1CCC(NC)CC1. The van der Waals surface area contributed by atoms with Gasteiger partial charge >= 0.3 is 0 Å². The normalized spacial score (nSPS) is 24.5. The monoisotopic (exact) mass is 305 g/mol. The summed E-state index contributed by atoms with van der Waals surface area (Å²) in [7, 11) is 0.427. The minimum atomic E-state index is -3.30. The highest BCUT2D eigenvalue weighted by molar-refractivity contribution is 7.86. The summed E-state index contributed by atoms with van der Waals surface area (Å²) in [5, 5.41) is 3.29. The molecule has 0 amide bonds. The summed E-state index contributed by atoms with van der Waals surface area (Å²) in [6.07, 6.45) is 5.74. The van der Waals surface area contributed by atoms with Crippen molar-refractivity contribution in [2.75, 3.05) is 27.2 Å². The second kappa shape index (κ2) is 8.32. The molecule has 0 radical (unpaired) electrons. The lowest BCUT2D eigenvalue weighted by molar-refractivity contribution is 0.239. The van der Waals surface area contributed by atoms with Gasteiger partial charge in [-0.15, -0.1) is 0 Å². The van der Waals surface area contributed by atoms with Crippen LogP contribution in [0.25, 0.3) is 0 Å². The van der Waals surface area contributed by atoms with Crippen LogP contribution in [0.2, 0.25) is 0 Å². The van der Waals surface area contributed by atoms with E-state index in [9.17, 15) is 8.42 Å². The molecule has 0 atom stereocenters. The van der Waals surface area contributed by atoms with E-state index in [1.54, 1.807) is 15.7 Å². The molecule has 1 fully saturated rings. The third kappa shape index (κ3) is 4.41. The molecule has 0 aliphatic heterocycles. The Balaban J connectivity index is 2.70. The highest BCUT2D eigenvalue weighted by atomic mass is 32.2. The van der Waals surface area contributed by atoms with Crippen LogP contribution in [-0.2, 0) is 10.2 Å². The largest absolute Gasteiger partial charge is 0.317 e. The van der Waals surface area contributed by atoms with Gasteiger partial charge < -0.3 is 5.32 Å². The summed E-state index contributed by atoms with van der Waals surface area (Å²) in [5.74, 6) is 0. The lowest BCUT2D eigenvalue weighted by Crippen LogP contribution is -2.49. The van der Waals surface area contributed by atoms with Gasteiger partial charge in [-0.3, -0.25) is 0 Å². The van der Waals surface area contributed by atoms with E-state index in [1.807, 2.05) is 20.9 Å². The number of hydrogen-bond acceptors (Lipinski definition) is 3. The molecule has 0 bridgehead atoms. The van der Waals surface area contributed by atoms with Crippen molar-refractivity contribution in [1.29, 1.82) is 0 Å². The van der Waals surface area contributed by atoms with Crippen LogP contribution in [0.3, 0.4) is 0 Å². The molecule has 0 spiro atoms. The fourth-order valence-electron chi connectivity index (χ4n) is 2.94. The van der Waals surface area contributed by atoms with Crippen molar-refractivity contribution >= 4 is 10.2 Å². The standard InChI is InChI=1S/C14H31N3O2S/c1-5-11-17(12-6-2)20(18,19)16(4)14-9-7-13(15-3)8-10-14/h13-15H,5-12H2,1-4H3. The predicted octanol–water partition coefficient (Wildman–Crippen LogP) is 1.82. The number of nitrogens with one attached hydrogen (secondary N) is 1. The average Bonchev–Trinajstić information content (AvgIpc) is 2.46. The topological polar surface area (TPSA) is 52.7 Å². The van der Waals surface area contributed by atoms with Crippen LogP contribution in [0.4, 0.5) is 0 Å². The molecule has 120 valence electrons. The van der Waals surface area contributed by atoms with Crippen LogP contribution >= 0.6 is 0 Å². The van der Waals surface area contributed by atoms with Crippen LogP contribution in [0.1, 0.15) is 52.4 Å². The van der Waals surface area contributed by atoms with E-state index in [0.717, 1.165) is 38.5 Å². The van der Waals surface area contributed by atoms with Gasteiger partial charge in [0.25, 0.3) is 10.2 Å². The van der Waals surface area contributed by atoms with Gasteiger partial charge in [-0.25, -0.2) is 0 Å². The van der Waals surface area contributed by atoms with Crippen LogP contribution in [0.5, 0.6) is 0 Å². The van der Waals surface area contributed by atoms with E-state index >= 15 is 0 Å². The molecular formula is C14H31N3O2S. The first-order chi connectivity index (χ1) is 9.47. The van der Waals surface area contributed by atoms with Crippen LogP contribution in [0, 0.1) is 0 Å². The first-order valence-electron chi connectivity index (χ1n) is 7.87. The second-order valence-electron chi connectivity index (χ2n) is 5.72. The van der Waals surface area contributed by atoms with Gasteiger partial charge in [0.05, 0.1) is 0 Å². The van der Waals surface area contributed by atoms with E-state index in [4.69, 9.17) is 0 Å². The Labute approximate surface area is 124 Å². The van der Waals surface area contributed by atoms with Crippen molar-refractivity contribution in [3.8, 4) is 0 Å². The Kier molecular flexibility index (Phi) is 7.43. The van der Waals surface area contributed by atoms with E-state index in [2.05, 4.69) is 5.32 Å². The van der Waals surface area contributed by atoms with Crippen LogP contribution in [-0.4, -0.2) is 56.3 Å². The Bertz CT molecular complexity index is 359. The Morgan fingerprint density at radius 2 is 1.55 bits per heavy atom. The van der Waals surface area contributed by atoms with Crippen molar-refractivity contribution in [3.63, 3.8) is 0 Å². The summed E-state index contributed by atoms with van der Waals surface area (Å²) in [4.78, 5) is 0. The molecule has 20 heavy (non-hydrogen) atoms. The molecule has 0 aromatic rings. The molecule has 0 unspecified atom stereocenters. The molecular weight excluding hydrogens is 274 g/mol. The minimum absolute atomic E-state index is 0.154. The van der Waals surface area contributed by atoms with Crippen molar-refractivity contribution in [2.24, 2.45) is 0 Å². The third-order valence-corrected chi connectivity index (χ3v) is 6.30. The van der Waals surface area contributed by atoms with E-state index < -0.39 is 10.2 Å². The van der Waals surface area contributed by atoms with Gasteiger partial charge in [-0.05, 0) is 45.6 Å². The molecule has 6 heteroatoms. The molecule has 1 aliphatic rings. The number of rotatable bonds is 8. The van der Waals surface area contributed by atoms with E-state index in [0.29, 0.717) is 19.1 Å². The number of hydrogen-bond donors (Lipinski definition) is 1. The lowest BCUT2D eigenvalue weighted by Gasteiger charge is -2.36. The van der Waals surface area contributed by atoms with E-state index in [-0.39, 0.29) is 6.04 Å². The maximum atomic E-state index is 12.7. The van der Waals surface area contributed by atoms with Crippen LogP contribution < -0.4 is 5.32 Å². The summed E-state index contributed by atoms with van der Waals surface area (Å²) in [5.41, 5.74) is 0. The fourth-order valence-corrected chi connectivity index (χ4v) is 4.72. The van der Waals surface area contributed by atoms with Gasteiger partial charge in [0.2, 0.25) is 0 Å². The molecule has 0 heterocycles. The summed E-state index contributed by atoms with van der Waals surface area (Å²) in [6, 6.07) is 0.700. The van der Waals surface area contributed by atoms with Gasteiger partial charge in [-0.1, -0.05) is 13.8 Å². The Morgan fingerprint density at radius 1 is 1.05 bits per heavy atom. The fraction of sp³-hybridized carbons (Fsp3) is 1.00. The Morgan fingerprint density at radius 3 is 1.95 bits per heavy atom. The summed E-state index contributed by atoms with van der Waals surface area (Å²) >= 11 is 0. The molecule has 1 rings (SSSR count). The quantitative estimate of drug-likeness (QED) is 0.744. The first-order valence-corrected chi connectivity index (χ1v) is 9.27. The van der Waals surface area contributed by atoms with Crippen molar-refractivity contribution < 1.29 is 8.42 Å². The minimum Gasteiger partial charge on any atom is -0.317 e. The maximum Gasteiger partial charge on any atom is 0.281 e. The summed E-state index contributed by atoms with van der Waals surface area (Å²) in [6.45, 7) is 5.28. The Hall–Kier alpha value is -0.170. The molecule has 1 N–H and O–H groups in total. The zero-order valence-electron chi connectivity index (χ0n) is 13.4. The molecule has 0 saturated heterocycles. The van der Waals surface area contributed by atoms with Gasteiger partial charge in [0.1, 0.15) is 0 Å². The maximum absolute atomic E-state index is 12.7. The molecule has 0 aromatic heterocycles. The summed E-state index contributed by atoms with van der Waals surface area (Å²) < 4.78 is 28.6. The molecule has 5 nitrogen and oxygen atoms in total. The highest BCUT2D eigenvalue weighted by Crippen LogP contribution is 2.25. The smallest absolute Gasteiger partial charge is 0.281 e. The molecule has 0 aromatic carbocycles. The van der Waals surface area contributed by atoms with Crippen molar-refractivity contribution in [2.45, 2.75) is 64.5 Å². The molecule has 1 saturated carbocycles. The average molecular weight is 305 g/mol. The van der Waals surface area contributed by atoms with Crippen molar-refractivity contribution in [1.82, 2.24) is 13.9 Å². The second-order valence-corrected chi connectivity index (χ2v) is 7.71. The highest BCUT2D eigenvalue weighted by Gasteiger charge is 2.33. The first kappa shape index (κ1) is 17.9. The van der Waals surface area contributed by atoms with Crippen LogP contribution in [0.15, 0.2) is 0 Å². The zero-order chi connectivity index (χ0) is 15.2. The third-order valence-electron chi connectivity index (χ3n) is 4.26. The molecule has 1 aliphatic carbocycles. The van der Waals surface area contributed by atoms with Gasteiger partial charge in [-0.2, -0.15) is 17.0 Å². The predicted molar refractivity (Wildman–Crippen MR) is 83.9 cm³/mol. The lowest BCUT2D eigenvalue weighted by atomic mass is 9.91. The van der Waals surface area contributed by atoms with Gasteiger partial charge in [0.15, 0.2) is 0 Å². The van der Waals surface area contributed by atoms with E-state index in [1.165, 1.54) is 0 Å². The number of nitrogens with zero attached hydrogens (tertiary/aromatic N) is 2. The van der Waals surface area contributed by atoms with Gasteiger partial charge in [0, 0.05) is 32.2 Å². The zero-order valence-corrected chi connectivity index (χ0v) is 14.2.